The average Bonchev–Trinajstić information content (AvgIpc) is 3.66. The van der Waals surface area contributed by atoms with E-state index in [0.29, 0.717) is 21.8 Å². The summed E-state index contributed by atoms with van der Waals surface area (Å²) in [5, 5.41) is 6.72. The average molecular weight is 516 g/mol. The van der Waals surface area contributed by atoms with Crippen LogP contribution in [0.15, 0.2) is 48.9 Å². The van der Waals surface area contributed by atoms with E-state index in [2.05, 4.69) is 31.2 Å². The molecule has 0 unspecified atom stereocenters. The molecular formula is C27H23Cl2N7. The van der Waals surface area contributed by atoms with E-state index < -0.39 is 0 Å². The van der Waals surface area contributed by atoms with Crippen molar-refractivity contribution in [3.05, 3.63) is 64.5 Å². The fourth-order valence-corrected chi connectivity index (χ4v) is 5.60. The smallest absolute Gasteiger partial charge is 0.163 e. The van der Waals surface area contributed by atoms with Crippen LogP contribution in [0.2, 0.25) is 10.0 Å². The minimum absolute atomic E-state index is 0.557. The highest BCUT2D eigenvalue weighted by molar-refractivity contribution is 6.36. The van der Waals surface area contributed by atoms with Crippen LogP contribution < -0.4 is 10.2 Å². The standard InChI is InChI=1S/C27H23Cl2N7/c28-16-3-4-18(21(29)11-16)22-12-19-17(5-6-32-25(19)33-22)26-34-23-14-31-13-20(15-1-2-15)24(23)27(35-26)36-9-7-30-8-10-36/h3-6,11-15,30H,1-2,7-10H2,(H,32,33). The number of hydrogen-bond acceptors (Lipinski definition) is 6. The van der Waals surface area contributed by atoms with Crippen molar-refractivity contribution in [2.45, 2.75) is 18.8 Å². The van der Waals surface area contributed by atoms with Crippen LogP contribution in [0.5, 0.6) is 0 Å². The number of hydrogen-bond donors (Lipinski definition) is 2. The summed E-state index contributed by atoms with van der Waals surface area (Å²) < 4.78 is 0. The topological polar surface area (TPSA) is 82.6 Å². The van der Waals surface area contributed by atoms with E-state index >= 15 is 0 Å². The quantitative estimate of drug-likeness (QED) is 0.313. The van der Waals surface area contributed by atoms with Crippen molar-refractivity contribution in [2.24, 2.45) is 0 Å². The molecule has 2 N–H and O–H groups in total. The zero-order valence-corrected chi connectivity index (χ0v) is 20.9. The highest BCUT2D eigenvalue weighted by atomic mass is 35.5. The molecule has 2 fully saturated rings. The van der Waals surface area contributed by atoms with Gasteiger partial charge in [-0.2, -0.15) is 0 Å². The molecule has 7 rings (SSSR count). The number of aromatic amines is 1. The molecule has 0 amide bonds. The number of anilines is 1. The number of pyridine rings is 2. The van der Waals surface area contributed by atoms with Gasteiger partial charge >= 0.3 is 0 Å². The van der Waals surface area contributed by atoms with E-state index in [0.717, 1.165) is 70.8 Å². The van der Waals surface area contributed by atoms with E-state index in [4.69, 9.17) is 33.2 Å². The molecule has 1 aromatic carbocycles. The lowest BCUT2D eigenvalue weighted by Crippen LogP contribution is -2.44. The van der Waals surface area contributed by atoms with E-state index in [1.165, 1.54) is 18.4 Å². The van der Waals surface area contributed by atoms with Gasteiger partial charge in [-0.3, -0.25) is 4.98 Å². The van der Waals surface area contributed by atoms with Gasteiger partial charge in [0, 0.05) is 71.2 Å². The monoisotopic (exact) mass is 515 g/mol. The lowest BCUT2D eigenvalue weighted by atomic mass is 10.1. The number of nitrogens with zero attached hydrogens (tertiary/aromatic N) is 5. The van der Waals surface area contributed by atoms with Gasteiger partial charge in [0.05, 0.1) is 16.7 Å². The van der Waals surface area contributed by atoms with E-state index in [9.17, 15) is 0 Å². The largest absolute Gasteiger partial charge is 0.353 e. The van der Waals surface area contributed by atoms with Gasteiger partial charge < -0.3 is 15.2 Å². The van der Waals surface area contributed by atoms with Crippen LogP contribution in [-0.2, 0) is 0 Å². The van der Waals surface area contributed by atoms with Crippen molar-refractivity contribution in [1.82, 2.24) is 30.2 Å². The Hall–Kier alpha value is -3.26. The highest BCUT2D eigenvalue weighted by Crippen LogP contribution is 2.45. The van der Waals surface area contributed by atoms with Crippen LogP contribution in [0.25, 0.3) is 44.6 Å². The maximum atomic E-state index is 6.50. The molecule has 5 aromatic rings. The normalized spacial score (nSPS) is 16.2. The van der Waals surface area contributed by atoms with Gasteiger partial charge in [0.2, 0.25) is 0 Å². The Balaban J connectivity index is 1.42. The van der Waals surface area contributed by atoms with Crippen LogP contribution in [0.1, 0.15) is 24.3 Å². The number of halogens is 2. The minimum atomic E-state index is 0.557. The molecule has 1 aliphatic heterocycles. The molecule has 36 heavy (non-hydrogen) atoms. The SMILES string of the molecule is Clc1ccc(-c2cc3c(-c4nc(N5CCNCC5)c5c(C6CC6)cncc5n4)ccnc3[nH]2)c(Cl)c1. The number of fused-ring (bicyclic) bond motifs is 2. The fourth-order valence-electron chi connectivity index (χ4n) is 5.09. The zero-order valence-electron chi connectivity index (χ0n) is 19.4. The molecule has 9 heteroatoms. The van der Waals surface area contributed by atoms with E-state index in [1.807, 2.05) is 30.6 Å². The van der Waals surface area contributed by atoms with Crippen LogP contribution in [0.4, 0.5) is 5.82 Å². The van der Waals surface area contributed by atoms with Crippen molar-refractivity contribution < 1.29 is 0 Å². The Morgan fingerprint density at radius 2 is 1.81 bits per heavy atom. The van der Waals surface area contributed by atoms with Crippen LogP contribution in [0, 0.1) is 0 Å². The molecule has 4 aromatic heterocycles. The molecule has 180 valence electrons. The third-order valence-corrected chi connectivity index (χ3v) is 7.59. The second-order valence-corrected chi connectivity index (χ2v) is 10.3. The first kappa shape index (κ1) is 22.0. The fraction of sp³-hybridized carbons (Fsp3) is 0.259. The summed E-state index contributed by atoms with van der Waals surface area (Å²) in [4.78, 5) is 25.1. The third kappa shape index (κ3) is 3.79. The molecule has 0 bridgehead atoms. The first-order chi connectivity index (χ1) is 17.7. The van der Waals surface area contributed by atoms with E-state index in [-0.39, 0.29) is 0 Å². The molecule has 0 atom stereocenters. The van der Waals surface area contributed by atoms with Crippen LogP contribution in [-0.4, -0.2) is 51.1 Å². The summed E-state index contributed by atoms with van der Waals surface area (Å²) in [5.41, 5.74) is 5.57. The molecule has 1 saturated heterocycles. The van der Waals surface area contributed by atoms with Crippen molar-refractivity contribution in [3.63, 3.8) is 0 Å². The van der Waals surface area contributed by atoms with Gasteiger partial charge in [-0.25, -0.2) is 15.0 Å². The lowest BCUT2D eigenvalue weighted by molar-refractivity contribution is 0.586. The minimum Gasteiger partial charge on any atom is -0.353 e. The molecule has 1 aliphatic carbocycles. The maximum absolute atomic E-state index is 6.50. The highest BCUT2D eigenvalue weighted by Gasteiger charge is 2.29. The summed E-state index contributed by atoms with van der Waals surface area (Å²) in [6, 6.07) is 9.53. The molecular weight excluding hydrogens is 493 g/mol. The predicted molar refractivity (Wildman–Crippen MR) is 145 cm³/mol. The van der Waals surface area contributed by atoms with Gasteiger partial charge in [0.1, 0.15) is 11.5 Å². The molecule has 1 saturated carbocycles. The third-order valence-electron chi connectivity index (χ3n) is 7.04. The number of nitrogens with one attached hydrogen (secondary N) is 2. The van der Waals surface area contributed by atoms with E-state index in [1.54, 1.807) is 12.3 Å². The first-order valence-electron chi connectivity index (χ1n) is 12.2. The predicted octanol–water partition coefficient (Wildman–Crippen LogP) is 5.83. The number of H-pyrrole nitrogens is 1. The first-order valence-corrected chi connectivity index (χ1v) is 13.0. The van der Waals surface area contributed by atoms with Gasteiger partial charge in [-0.15, -0.1) is 0 Å². The Morgan fingerprint density at radius 3 is 2.61 bits per heavy atom. The van der Waals surface area contributed by atoms with Gasteiger partial charge in [-0.1, -0.05) is 23.2 Å². The molecule has 0 spiro atoms. The molecule has 2 aliphatic rings. The second kappa shape index (κ2) is 8.69. The van der Waals surface area contributed by atoms with Crippen molar-refractivity contribution in [3.8, 4) is 22.6 Å². The number of rotatable bonds is 4. The van der Waals surface area contributed by atoms with Gasteiger partial charge in [0.25, 0.3) is 0 Å². The van der Waals surface area contributed by atoms with Gasteiger partial charge in [0.15, 0.2) is 5.82 Å². The maximum Gasteiger partial charge on any atom is 0.163 e. The van der Waals surface area contributed by atoms with Crippen molar-refractivity contribution >= 4 is 51.0 Å². The number of piperazine rings is 1. The summed E-state index contributed by atoms with van der Waals surface area (Å²) in [6.45, 7) is 3.70. The molecule has 5 heterocycles. The van der Waals surface area contributed by atoms with Crippen molar-refractivity contribution in [1.29, 1.82) is 0 Å². The summed E-state index contributed by atoms with van der Waals surface area (Å²) >= 11 is 12.6. The summed E-state index contributed by atoms with van der Waals surface area (Å²) in [6.07, 6.45) is 8.07. The Bertz CT molecular complexity index is 1620. The molecule has 7 nitrogen and oxygen atoms in total. The summed E-state index contributed by atoms with van der Waals surface area (Å²) in [7, 11) is 0. The number of benzene rings is 1. The molecule has 0 radical (unpaired) electrons. The van der Waals surface area contributed by atoms with Crippen molar-refractivity contribution in [2.75, 3.05) is 31.1 Å². The Morgan fingerprint density at radius 1 is 0.944 bits per heavy atom. The second-order valence-electron chi connectivity index (χ2n) is 9.43. The van der Waals surface area contributed by atoms with Crippen LogP contribution >= 0.6 is 23.2 Å². The summed E-state index contributed by atoms with van der Waals surface area (Å²) in [5.74, 6) is 2.23. The lowest BCUT2D eigenvalue weighted by Gasteiger charge is -2.30. The van der Waals surface area contributed by atoms with Crippen LogP contribution in [0.3, 0.4) is 0 Å². The Labute approximate surface area is 217 Å². The zero-order chi connectivity index (χ0) is 24.2. The number of aromatic nitrogens is 5. The van der Waals surface area contributed by atoms with Gasteiger partial charge in [-0.05, 0) is 54.7 Å². The Kier molecular flexibility index (Phi) is 5.31.